The van der Waals surface area contributed by atoms with Crippen molar-refractivity contribution >= 4 is 17.6 Å². The fraction of sp³-hybridized carbons (Fsp3) is 0.429. The number of carbonyl (C=O) groups excluding carboxylic acids is 1. The Hall–Kier alpha value is -2.64. The highest BCUT2D eigenvalue weighted by Crippen LogP contribution is 2.26. The number of amides is 1. The van der Waals surface area contributed by atoms with E-state index in [-0.39, 0.29) is 24.8 Å². The summed E-state index contributed by atoms with van der Waals surface area (Å²) in [6.07, 6.45) is 3.17. The van der Waals surface area contributed by atoms with E-state index < -0.39 is 5.97 Å². The Morgan fingerprint density at radius 2 is 2.18 bits per heavy atom. The Labute approximate surface area is 127 Å². The van der Waals surface area contributed by atoms with E-state index in [1.807, 2.05) is 20.8 Å². The third-order valence-corrected chi connectivity index (χ3v) is 3.29. The van der Waals surface area contributed by atoms with Crippen LogP contribution in [0.25, 0.3) is 0 Å². The van der Waals surface area contributed by atoms with E-state index in [0.29, 0.717) is 11.4 Å². The summed E-state index contributed by atoms with van der Waals surface area (Å²) in [4.78, 5) is 22.6. The number of aliphatic carboxylic acids is 1. The molecule has 0 aliphatic carbocycles. The molecule has 0 saturated heterocycles. The Balaban J connectivity index is 1.95. The molecule has 0 fully saturated rings. The largest absolute Gasteiger partial charge is 0.480 e. The highest BCUT2D eigenvalue weighted by atomic mass is 16.5. The van der Waals surface area contributed by atoms with Crippen LogP contribution in [0.1, 0.15) is 36.3 Å². The van der Waals surface area contributed by atoms with Crippen molar-refractivity contribution < 1.29 is 19.2 Å². The van der Waals surface area contributed by atoms with Gasteiger partial charge in [-0.25, -0.2) is 0 Å². The molecule has 8 heteroatoms. The van der Waals surface area contributed by atoms with Gasteiger partial charge < -0.3 is 14.9 Å². The maximum absolute atomic E-state index is 12.1. The number of nitrogens with one attached hydrogen (secondary N) is 1. The smallest absolute Gasteiger partial charge is 0.325 e. The summed E-state index contributed by atoms with van der Waals surface area (Å²) in [6.45, 7) is 5.35. The molecule has 2 aromatic rings. The molecule has 0 aliphatic rings. The second kappa shape index (κ2) is 6.42. The third kappa shape index (κ3) is 3.72. The Morgan fingerprint density at radius 1 is 1.45 bits per heavy atom. The lowest BCUT2D eigenvalue weighted by molar-refractivity contribution is -0.137. The number of hydrogen-bond donors (Lipinski definition) is 2. The van der Waals surface area contributed by atoms with E-state index in [1.165, 1.54) is 17.1 Å². The summed E-state index contributed by atoms with van der Waals surface area (Å²) in [7, 11) is 0. The maximum atomic E-state index is 12.1. The summed E-state index contributed by atoms with van der Waals surface area (Å²) in [5, 5.41) is 19.1. The number of nitrogens with zero attached hydrogens (tertiary/aromatic N) is 3. The van der Waals surface area contributed by atoms with Crippen LogP contribution in [0.15, 0.2) is 16.9 Å². The minimum absolute atomic E-state index is 0.0275. The van der Waals surface area contributed by atoms with Crippen molar-refractivity contribution in [2.75, 3.05) is 5.32 Å². The zero-order valence-corrected chi connectivity index (χ0v) is 12.7. The number of anilines is 1. The van der Waals surface area contributed by atoms with Crippen molar-refractivity contribution in [2.24, 2.45) is 0 Å². The number of rotatable bonds is 6. The number of carboxylic acids is 1. The fourth-order valence-electron chi connectivity index (χ4n) is 2.44. The maximum Gasteiger partial charge on any atom is 0.325 e. The minimum atomic E-state index is -0.993. The molecule has 2 aromatic heterocycles. The average molecular weight is 306 g/mol. The van der Waals surface area contributed by atoms with E-state index in [9.17, 15) is 9.59 Å². The van der Waals surface area contributed by atoms with Gasteiger partial charge in [-0.3, -0.25) is 14.3 Å². The summed E-state index contributed by atoms with van der Waals surface area (Å²) in [5.41, 5.74) is 2.20. The lowest BCUT2D eigenvalue weighted by Gasteiger charge is -2.10. The van der Waals surface area contributed by atoms with Gasteiger partial charge in [0.15, 0.2) is 0 Å². The lowest BCUT2D eigenvalue weighted by Crippen LogP contribution is -2.14. The zero-order chi connectivity index (χ0) is 16.3. The molecule has 1 unspecified atom stereocenters. The van der Waals surface area contributed by atoms with Crippen LogP contribution < -0.4 is 5.32 Å². The van der Waals surface area contributed by atoms with Crippen molar-refractivity contribution in [2.45, 2.75) is 39.7 Å². The van der Waals surface area contributed by atoms with Crippen LogP contribution >= 0.6 is 0 Å². The highest BCUT2D eigenvalue weighted by Gasteiger charge is 2.19. The van der Waals surface area contributed by atoms with Gasteiger partial charge in [0.05, 0.1) is 17.6 Å². The molecule has 1 atom stereocenters. The second-order valence-electron chi connectivity index (χ2n) is 5.21. The van der Waals surface area contributed by atoms with Crippen LogP contribution in [0, 0.1) is 13.8 Å². The van der Waals surface area contributed by atoms with Crippen LogP contribution in [0.3, 0.4) is 0 Å². The average Bonchev–Trinajstić information content (AvgIpc) is 2.95. The van der Waals surface area contributed by atoms with Crippen LogP contribution in [0.2, 0.25) is 0 Å². The molecule has 2 heterocycles. The van der Waals surface area contributed by atoms with Crippen LogP contribution in [0.4, 0.5) is 5.69 Å². The van der Waals surface area contributed by atoms with E-state index >= 15 is 0 Å². The quantitative estimate of drug-likeness (QED) is 0.840. The Morgan fingerprint density at radius 3 is 2.77 bits per heavy atom. The van der Waals surface area contributed by atoms with E-state index in [0.717, 1.165) is 11.3 Å². The molecular weight excluding hydrogens is 288 g/mol. The Kier molecular flexibility index (Phi) is 4.59. The molecule has 22 heavy (non-hydrogen) atoms. The highest BCUT2D eigenvalue weighted by molar-refractivity contribution is 5.91. The van der Waals surface area contributed by atoms with Gasteiger partial charge in [-0.1, -0.05) is 12.1 Å². The summed E-state index contributed by atoms with van der Waals surface area (Å²) < 4.78 is 6.35. The summed E-state index contributed by atoms with van der Waals surface area (Å²) >= 11 is 0. The van der Waals surface area contributed by atoms with Crippen LogP contribution in [-0.2, 0) is 16.1 Å². The van der Waals surface area contributed by atoms with E-state index in [1.54, 1.807) is 0 Å². The predicted molar refractivity (Wildman–Crippen MR) is 77.5 cm³/mol. The SMILES string of the molecule is Cc1noc(C)c1C(C)CC(=O)Nc1cnn(CC(=O)O)c1. The first kappa shape index (κ1) is 15.7. The van der Waals surface area contributed by atoms with Gasteiger partial charge in [-0.15, -0.1) is 0 Å². The summed E-state index contributed by atoms with van der Waals surface area (Å²) in [5.74, 6) is -0.484. The van der Waals surface area contributed by atoms with Crippen molar-refractivity contribution in [1.29, 1.82) is 0 Å². The van der Waals surface area contributed by atoms with Crippen molar-refractivity contribution in [3.05, 3.63) is 29.4 Å². The number of aryl methyl sites for hydroxylation is 2. The number of carboxylic acid groups (broad SMARTS) is 1. The molecule has 0 aromatic carbocycles. The number of aromatic nitrogens is 3. The molecule has 0 bridgehead atoms. The van der Waals surface area contributed by atoms with Crippen molar-refractivity contribution in [3.8, 4) is 0 Å². The molecule has 2 rings (SSSR count). The zero-order valence-electron chi connectivity index (χ0n) is 12.7. The molecule has 8 nitrogen and oxygen atoms in total. The first-order valence-corrected chi connectivity index (χ1v) is 6.83. The number of hydrogen-bond acceptors (Lipinski definition) is 5. The van der Waals surface area contributed by atoms with Gasteiger partial charge >= 0.3 is 5.97 Å². The predicted octanol–water partition coefficient (Wildman–Crippen LogP) is 1.70. The van der Waals surface area contributed by atoms with Crippen LogP contribution in [-0.4, -0.2) is 31.9 Å². The monoisotopic (exact) mass is 306 g/mol. The van der Waals surface area contributed by atoms with Gasteiger partial charge in [0.1, 0.15) is 12.3 Å². The minimum Gasteiger partial charge on any atom is -0.480 e. The normalized spacial score (nSPS) is 12.1. The molecule has 118 valence electrons. The first-order chi connectivity index (χ1) is 10.4. The van der Waals surface area contributed by atoms with Crippen molar-refractivity contribution in [1.82, 2.24) is 14.9 Å². The van der Waals surface area contributed by atoms with Gasteiger partial charge in [-0.05, 0) is 19.8 Å². The molecular formula is C14H18N4O4. The van der Waals surface area contributed by atoms with Gasteiger partial charge in [-0.2, -0.15) is 5.10 Å². The van der Waals surface area contributed by atoms with E-state index in [4.69, 9.17) is 9.63 Å². The fourth-order valence-corrected chi connectivity index (χ4v) is 2.44. The topological polar surface area (TPSA) is 110 Å². The molecule has 0 spiro atoms. The second-order valence-corrected chi connectivity index (χ2v) is 5.21. The lowest BCUT2D eigenvalue weighted by atomic mass is 9.96. The molecule has 0 radical (unpaired) electrons. The van der Waals surface area contributed by atoms with E-state index in [2.05, 4.69) is 15.6 Å². The van der Waals surface area contributed by atoms with Gasteiger partial charge in [0.2, 0.25) is 5.91 Å². The number of carbonyl (C=O) groups is 2. The standard InChI is InChI=1S/C14H18N4O4/c1-8(14-9(2)17-22-10(14)3)4-12(19)16-11-5-15-18(6-11)7-13(20)21/h5-6,8H,4,7H2,1-3H3,(H,16,19)(H,20,21). The van der Waals surface area contributed by atoms with Gasteiger partial charge in [0.25, 0.3) is 0 Å². The van der Waals surface area contributed by atoms with Gasteiger partial charge in [0, 0.05) is 18.2 Å². The molecule has 2 N–H and O–H groups in total. The summed E-state index contributed by atoms with van der Waals surface area (Å²) in [6, 6.07) is 0. The Bertz CT molecular complexity index is 669. The first-order valence-electron chi connectivity index (χ1n) is 6.83. The molecule has 0 aliphatic heterocycles. The van der Waals surface area contributed by atoms with Crippen molar-refractivity contribution in [3.63, 3.8) is 0 Å². The molecule has 1 amide bonds. The molecule has 0 saturated carbocycles. The van der Waals surface area contributed by atoms with Crippen LogP contribution in [0.5, 0.6) is 0 Å². The third-order valence-electron chi connectivity index (χ3n) is 3.29.